The van der Waals surface area contributed by atoms with Gasteiger partial charge >= 0.3 is 6.03 Å². The van der Waals surface area contributed by atoms with E-state index < -0.39 is 0 Å². The van der Waals surface area contributed by atoms with Crippen molar-refractivity contribution in [3.8, 4) is 0 Å². The molecule has 2 unspecified atom stereocenters. The highest BCUT2D eigenvalue weighted by Gasteiger charge is 2.28. The Hall–Kier alpha value is -1.37. The molecule has 1 aliphatic carbocycles. The Morgan fingerprint density at radius 3 is 2.68 bits per heavy atom. The molecule has 2 aliphatic rings. The van der Waals surface area contributed by atoms with Gasteiger partial charge in [0.25, 0.3) is 0 Å². The average Bonchev–Trinajstić information content (AvgIpc) is 2.93. The van der Waals surface area contributed by atoms with Gasteiger partial charge in [-0.25, -0.2) is 4.79 Å². The maximum Gasteiger partial charge on any atom is 0.330 e. The zero-order valence-corrected chi connectivity index (χ0v) is 15.9. The van der Waals surface area contributed by atoms with E-state index in [4.69, 9.17) is 21.1 Å². The summed E-state index contributed by atoms with van der Waals surface area (Å²) in [5.41, 5.74) is 0.785. The smallest absolute Gasteiger partial charge is 0.330 e. The highest BCUT2D eigenvalue weighted by Crippen LogP contribution is 2.31. The molecule has 25 heavy (non-hydrogen) atoms. The van der Waals surface area contributed by atoms with Crippen LogP contribution in [0.25, 0.3) is 0 Å². The molecule has 0 spiro atoms. The van der Waals surface area contributed by atoms with Crippen LogP contribution in [-0.4, -0.2) is 54.8 Å². The number of allylic oxidation sites excluding steroid dienone is 3. The third-order valence-electron chi connectivity index (χ3n) is 4.52. The summed E-state index contributed by atoms with van der Waals surface area (Å²) in [6.45, 7) is 4.83. The van der Waals surface area contributed by atoms with Crippen molar-refractivity contribution in [2.75, 3.05) is 26.8 Å². The van der Waals surface area contributed by atoms with Crippen molar-refractivity contribution >= 4 is 23.5 Å². The van der Waals surface area contributed by atoms with Crippen molar-refractivity contribution in [2.24, 2.45) is 5.92 Å². The van der Waals surface area contributed by atoms with Gasteiger partial charge in [-0.15, -0.1) is 0 Å². The molecular formula is C18H27ClN2O4. The summed E-state index contributed by atoms with van der Waals surface area (Å²) in [7, 11) is 1.66. The highest BCUT2D eigenvalue weighted by atomic mass is 35.5. The number of imide groups is 1. The fourth-order valence-electron chi connectivity index (χ4n) is 2.96. The van der Waals surface area contributed by atoms with Crippen molar-refractivity contribution in [1.82, 2.24) is 9.80 Å². The standard InChI is InChI=1S/C18H27ClN2O4/c1-13-15(19)8-9-16(13)20(3)18(23)21(14(2)22)10-6-12-25-17-7-4-5-11-24-17/h8-9,13,17H,4-7,10-12H2,1-3H3. The summed E-state index contributed by atoms with van der Waals surface area (Å²) in [6.07, 6.45) is 7.10. The number of urea groups is 1. The van der Waals surface area contributed by atoms with E-state index in [1.54, 1.807) is 13.1 Å². The predicted molar refractivity (Wildman–Crippen MR) is 95.9 cm³/mol. The van der Waals surface area contributed by atoms with Crippen LogP contribution in [-0.2, 0) is 14.3 Å². The molecule has 0 bridgehead atoms. The van der Waals surface area contributed by atoms with Crippen LogP contribution in [0.1, 0.15) is 39.5 Å². The van der Waals surface area contributed by atoms with Gasteiger partial charge in [0.1, 0.15) is 0 Å². The largest absolute Gasteiger partial charge is 0.353 e. The number of carbonyl (C=O) groups excluding carboxylic acids is 2. The molecule has 0 N–H and O–H groups in total. The molecule has 0 saturated carbocycles. The Bertz CT molecular complexity index is 555. The molecule has 3 amide bonds. The van der Waals surface area contributed by atoms with Gasteiger partial charge in [-0.2, -0.15) is 0 Å². The molecule has 1 saturated heterocycles. The van der Waals surface area contributed by atoms with Crippen molar-refractivity contribution in [3.05, 3.63) is 22.9 Å². The molecule has 2 rings (SSSR count). The zero-order valence-electron chi connectivity index (χ0n) is 15.2. The lowest BCUT2D eigenvalue weighted by atomic mass is 10.1. The fourth-order valence-corrected chi connectivity index (χ4v) is 3.13. The zero-order chi connectivity index (χ0) is 18.4. The van der Waals surface area contributed by atoms with Crippen LogP contribution in [0.4, 0.5) is 4.79 Å². The number of halogens is 1. The molecule has 1 fully saturated rings. The van der Waals surface area contributed by atoms with Crippen LogP contribution in [0, 0.1) is 5.92 Å². The normalized spacial score (nSPS) is 23.0. The average molecular weight is 371 g/mol. The van der Waals surface area contributed by atoms with Gasteiger partial charge in [0.2, 0.25) is 5.91 Å². The van der Waals surface area contributed by atoms with Gasteiger partial charge in [-0.3, -0.25) is 9.69 Å². The number of carbonyl (C=O) groups is 2. The second kappa shape index (κ2) is 9.36. The molecule has 7 heteroatoms. The van der Waals surface area contributed by atoms with Gasteiger partial charge < -0.3 is 14.4 Å². The SMILES string of the molecule is CC(=O)N(CCCOC1CCCCO1)C(=O)N(C)C1=CC=C(Cl)C1C. The maximum atomic E-state index is 12.7. The summed E-state index contributed by atoms with van der Waals surface area (Å²) in [6, 6.07) is -0.348. The van der Waals surface area contributed by atoms with E-state index in [0.717, 1.165) is 31.6 Å². The monoisotopic (exact) mass is 370 g/mol. The first-order valence-electron chi connectivity index (χ1n) is 8.78. The summed E-state index contributed by atoms with van der Waals surface area (Å²) in [4.78, 5) is 27.3. The van der Waals surface area contributed by atoms with Crippen molar-refractivity contribution in [1.29, 1.82) is 0 Å². The molecule has 0 aromatic rings. The van der Waals surface area contributed by atoms with E-state index in [9.17, 15) is 9.59 Å². The Balaban J connectivity index is 1.82. The van der Waals surface area contributed by atoms with Crippen molar-refractivity contribution < 1.29 is 19.1 Å². The van der Waals surface area contributed by atoms with Gasteiger partial charge in [0.05, 0.1) is 6.61 Å². The van der Waals surface area contributed by atoms with Crippen LogP contribution in [0.2, 0.25) is 0 Å². The molecular weight excluding hydrogens is 344 g/mol. The molecule has 2 atom stereocenters. The van der Waals surface area contributed by atoms with Crippen LogP contribution < -0.4 is 0 Å². The van der Waals surface area contributed by atoms with E-state index in [1.807, 2.05) is 13.0 Å². The Labute approximate surface area is 154 Å². The first-order valence-corrected chi connectivity index (χ1v) is 9.16. The minimum Gasteiger partial charge on any atom is -0.353 e. The van der Waals surface area contributed by atoms with Gasteiger partial charge in [-0.05, 0) is 37.8 Å². The minimum atomic E-state index is -0.348. The molecule has 0 aromatic carbocycles. The molecule has 1 aliphatic heterocycles. The topological polar surface area (TPSA) is 59.1 Å². The van der Waals surface area contributed by atoms with Crippen molar-refractivity contribution in [3.63, 3.8) is 0 Å². The number of hydrogen-bond acceptors (Lipinski definition) is 4. The second-order valence-electron chi connectivity index (χ2n) is 6.40. The third-order valence-corrected chi connectivity index (χ3v) is 4.98. The van der Waals surface area contributed by atoms with E-state index >= 15 is 0 Å². The third kappa shape index (κ3) is 5.30. The first kappa shape index (κ1) is 19.9. The number of ether oxygens (including phenoxy) is 2. The highest BCUT2D eigenvalue weighted by molar-refractivity contribution is 6.30. The van der Waals surface area contributed by atoms with E-state index in [2.05, 4.69) is 0 Å². The van der Waals surface area contributed by atoms with Crippen LogP contribution >= 0.6 is 11.6 Å². The van der Waals surface area contributed by atoms with Crippen LogP contribution in [0.15, 0.2) is 22.9 Å². The number of nitrogens with zero attached hydrogens (tertiary/aromatic N) is 2. The Morgan fingerprint density at radius 1 is 1.36 bits per heavy atom. The van der Waals surface area contributed by atoms with Gasteiger partial charge in [0.15, 0.2) is 6.29 Å². The number of hydrogen-bond donors (Lipinski definition) is 0. The van der Waals surface area contributed by atoms with Gasteiger partial charge in [0, 0.05) is 43.8 Å². The summed E-state index contributed by atoms with van der Waals surface area (Å²) in [5, 5.41) is 0.685. The van der Waals surface area contributed by atoms with Crippen LogP contribution in [0.3, 0.4) is 0 Å². The molecule has 140 valence electrons. The Morgan fingerprint density at radius 2 is 2.12 bits per heavy atom. The Kier molecular flexibility index (Phi) is 7.47. The lowest BCUT2D eigenvalue weighted by Gasteiger charge is -2.29. The molecule has 0 aromatic heterocycles. The van der Waals surface area contributed by atoms with Crippen LogP contribution in [0.5, 0.6) is 0 Å². The van der Waals surface area contributed by atoms with E-state index in [0.29, 0.717) is 24.6 Å². The second-order valence-corrected chi connectivity index (χ2v) is 6.83. The lowest BCUT2D eigenvalue weighted by Crippen LogP contribution is -2.44. The first-order chi connectivity index (χ1) is 11.9. The summed E-state index contributed by atoms with van der Waals surface area (Å²) in [5.74, 6) is -0.327. The summed E-state index contributed by atoms with van der Waals surface area (Å²) < 4.78 is 11.2. The number of amides is 3. The molecule has 0 radical (unpaired) electrons. The maximum absolute atomic E-state index is 12.7. The summed E-state index contributed by atoms with van der Waals surface area (Å²) >= 11 is 6.09. The van der Waals surface area contributed by atoms with E-state index in [-0.39, 0.29) is 24.1 Å². The quantitative estimate of drug-likeness (QED) is 0.671. The minimum absolute atomic E-state index is 0.0452. The molecule has 1 heterocycles. The predicted octanol–water partition coefficient (Wildman–Crippen LogP) is 3.48. The molecule has 6 nitrogen and oxygen atoms in total. The van der Waals surface area contributed by atoms with E-state index in [1.165, 1.54) is 16.7 Å². The van der Waals surface area contributed by atoms with Gasteiger partial charge in [-0.1, -0.05) is 18.5 Å². The lowest BCUT2D eigenvalue weighted by molar-refractivity contribution is -0.163. The number of rotatable bonds is 6. The fraction of sp³-hybridized carbons (Fsp3) is 0.667. The van der Waals surface area contributed by atoms with Crippen molar-refractivity contribution in [2.45, 2.75) is 45.8 Å².